The monoisotopic (exact) mass is 477 g/mol. The number of amides is 3. The highest BCUT2D eigenvalue weighted by Gasteiger charge is 2.27. The van der Waals surface area contributed by atoms with Crippen LogP contribution in [0.1, 0.15) is 20.3 Å². The van der Waals surface area contributed by atoms with E-state index in [1.807, 2.05) is 26.0 Å². The first-order valence-electron chi connectivity index (χ1n) is 9.59. The molecule has 0 aliphatic carbocycles. The number of carbonyl (C=O) groups excluding carboxylic acids is 2. The smallest absolute Gasteiger partial charge is 0.319 e. The normalized spacial score (nSPS) is 12.6. The second kappa shape index (κ2) is 10.6. The zero-order valence-electron chi connectivity index (χ0n) is 16.9. The summed E-state index contributed by atoms with van der Waals surface area (Å²) in [5, 5.41) is 18.6. The number of hydrogen-bond donors (Lipinski definition) is 3. The molecule has 1 aromatic heterocycles. The van der Waals surface area contributed by atoms with Crippen molar-refractivity contribution >= 4 is 57.3 Å². The zero-order chi connectivity index (χ0) is 22.4. The molecule has 3 rings (SSSR count). The van der Waals surface area contributed by atoms with Gasteiger partial charge in [-0.2, -0.15) is 0 Å². The number of nitrogens with zero attached hydrogens (tertiary/aromatic N) is 2. The average Bonchev–Trinajstić information content (AvgIpc) is 3.22. The summed E-state index contributed by atoms with van der Waals surface area (Å²) in [6.07, 6.45) is 0.700. The molecule has 2 atom stereocenters. The van der Waals surface area contributed by atoms with E-state index in [-0.39, 0.29) is 11.8 Å². The lowest BCUT2D eigenvalue weighted by molar-refractivity contribution is -0.119. The molecule has 3 aromatic rings. The summed E-state index contributed by atoms with van der Waals surface area (Å²) in [6.45, 7) is 3.85. The minimum atomic E-state index is -0.750. The minimum absolute atomic E-state index is 0.0976. The predicted octanol–water partition coefficient (Wildman–Crippen LogP) is 5.69. The summed E-state index contributed by atoms with van der Waals surface area (Å²) in [5.41, 5.74) is 1.42. The first-order valence-corrected chi connectivity index (χ1v) is 11.2. The van der Waals surface area contributed by atoms with E-state index in [1.165, 1.54) is 11.3 Å². The van der Waals surface area contributed by atoms with E-state index in [1.54, 1.807) is 36.4 Å². The number of nitrogens with one attached hydrogen (secondary N) is 3. The molecule has 3 N–H and O–H groups in total. The Labute approximate surface area is 194 Å². The number of hydrogen-bond acceptors (Lipinski definition) is 5. The standard InChI is InChI=1S/C21H21Cl2N5O2S/c1-3-12(2)17(25-20(30)24-16-10-8-15(23)9-11-16)18(29)26-21-28-27-19(31-21)13-4-6-14(22)7-5-13/h4-12,17H,3H2,1-2H3,(H2,24,25,30)(H,26,28,29). The van der Waals surface area contributed by atoms with E-state index in [2.05, 4.69) is 26.1 Å². The van der Waals surface area contributed by atoms with Crippen molar-refractivity contribution < 1.29 is 9.59 Å². The van der Waals surface area contributed by atoms with Crippen LogP contribution in [0.3, 0.4) is 0 Å². The van der Waals surface area contributed by atoms with Gasteiger partial charge in [0.05, 0.1) is 0 Å². The van der Waals surface area contributed by atoms with Crippen molar-refractivity contribution in [1.29, 1.82) is 0 Å². The molecular formula is C21H21Cl2N5O2S. The van der Waals surface area contributed by atoms with Crippen LogP contribution >= 0.6 is 34.5 Å². The van der Waals surface area contributed by atoms with Gasteiger partial charge in [-0.1, -0.05) is 66.9 Å². The molecule has 2 unspecified atom stereocenters. The van der Waals surface area contributed by atoms with E-state index in [9.17, 15) is 9.59 Å². The fraction of sp³-hybridized carbons (Fsp3) is 0.238. The van der Waals surface area contributed by atoms with Gasteiger partial charge in [0.2, 0.25) is 11.0 Å². The van der Waals surface area contributed by atoms with Crippen LogP contribution in [0.25, 0.3) is 10.6 Å². The SMILES string of the molecule is CCC(C)C(NC(=O)Nc1ccc(Cl)cc1)C(=O)Nc1nnc(-c2ccc(Cl)cc2)s1. The van der Waals surface area contributed by atoms with Crippen LogP contribution in [-0.2, 0) is 4.79 Å². The van der Waals surface area contributed by atoms with Crippen molar-refractivity contribution in [3.63, 3.8) is 0 Å². The summed E-state index contributed by atoms with van der Waals surface area (Å²) in [7, 11) is 0. The Morgan fingerprint density at radius 2 is 1.58 bits per heavy atom. The Morgan fingerprint density at radius 3 is 2.19 bits per heavy atom. The predicted molar refractivity (Wildman–Crippen MR) is 126 cm³/mol. The molecule has 0 radical (unpaired) electrons. The highest BCUT2D eigenvalue weighted by molar-refractivity contribution is 7.18. The van der Waals surface area contributed by atoms with Gasteiger partial charge >= 0.3 is 6.03 Å². The van der Waals surface area contributed by atoms with Crippen molar-refractivity contribution in [3.05, 3.63) is 58.6 Å². The second-order valence-electron chi connectivity index (χ2n) is 6.88. The maximum absolute atomic E-state index is 12.9. The van der Waals surface area contributed by atoms with Crippen LogP contribution in [0.5, 0.6) is 0 Å². The number of urea groups is 1. The van der Waals surface area contributed by atoms with Crippen LogP contribution in [0.15, 0.2) is 48.5 Å². The first-order chi connectivity index (χ1) is 14.9. The van der Waals surface area contributed by atoms with Crippen LogP contribution < -0.4 is 16.0 Å². The summed E-state index contributed by atoms with van der Waals surface area (Å²) >= 11 is 13.0. The summed E-state index contributed by atoms with van der Waals surface area (Å²) in [6, 6.07) is 12.7. The molecule has 31 heavy (non-hydrogen) atoms. The third-order valence-corrected chi connectivity index (χ3v) is 6.02. The van der Waals surface area contributed by atoms with Crippen molar-refractivity contribution in [3.8, 4) is 10.6 Å². The Morgan fingerprint density at radius 1 is 0.968 bits per heavy atom. The first kappa shape index (κ1) is 23.0. The third kappa shape index (κ3) is 6.40. The van der Waals surface area contributed by atoms with Crippen molar-refractivity contribution in [1.82, 2.24) is 15.5 Å². The van der Waals surface area contributed by atoms with Gasteiger partial charge in [-0.3, -0.25) is 10.1 Å². The van der Waals surface area contributed by atoms with Gasteiger partial charge in [0.15, 0.2) is 0 Å². The molecule has 1 heterocycles. The molecular weight excluding hydrogens is 457 g/mol. The molecule has 3 amide bonds. The average molecular weight is 478 g/mol. The molecule has 2 aromatic carbocycles. The summed E-state index contributed by atoms with van der Waals surface area (Å²) < 4.78 is 0. The van der Waals surface area contributed by atoms with Crippen LogP contribution in [0, 0.1) is 5.92 Å². The number of rotatable bonds is 7. The van der Waals surface area contributed by atoms with E-state index >= 15 is 0 Å². The largest absolute Gasteiger partial charge is 0.326 e. The van der Waals surface area contributed by atoms with Gasteiger partial charge in [0.25, 0.3) is 0 Å². The van der Waals surface area contributed by atoms with Crippen molar-refractivity contribution in [2.75, 3.05) is 10.6 Å². The van der Waals surface area contributed by atoms with E-state index in [4.69, 9.17) is 23.2 Å². The maximum atomic E-state index is 12.9. The topological polar surface area (TPSA) is 96.0 Å². The van der Waals surface area contributed by atoms with E-state index in [0.29, 0.717) is 32.3 Å². The molecule has 0 saturated heterocycles. The Kier molecular flexibility index (Phi) is 7.84. The number of halogens is 2. The van der Waals surface area contributed by atoms with Crippen LogP contribution in [0.4, 0.5) is 15.6 Å². The maximum Gasteiger partial charge on any atom is 0.319 e. The van der Waals surface area contributed by atoms with Gasteiger partial charge in [0.1, 0.15) is 11.0 Å². The zero-order valence-corrected chi connectivity index (χ0v) is 19.2. The van der Waals surface area contributed by atoms with Crippen molar-refractivity contribution in [2.24, 2.45) is 5.92 Å². The highest BCUT2D eigenvalue weighted by Crippen LogP contribution is 2.27. The Bertz CT molecular complexity index is 1040. The van der Waals surface area contributed by atoms with Crippen molar-refractivity contribution in [2.45, 2.75) is 26.3 Å². The van der Waals surface area contributed by atoms with Gasteiger partial charge in [-0.05, 0) is 42.3 Å². The molecule has 0 saturated carbocycles. The Balaban J connectivity index is 1.66. The highest BCUT2D eigenvalue weighted by atomic mass is 35.5. The molecule has 0 aliphatic heterocycles. The second-order valence-corrected chi connectivity index (χ2v) is 8.73. The molecule has 10 heteroatoms. The number of anilines is 2. The van der Waals surface area contributed by atoms with Gasteiger partial charge < -0.3 is 10.6 Å². The van der Waals surface area contributed by atoms with E-state index in [0.717, 1.165) is 5.56 Å². The fourth-order valence-corrected chi connectivity index (χ4v) is 3.71. The molecule has 0 aliphatic rings. The van der Waals surface area contributed by atoms with Gasteiger partial charge in [0, 0.05) is 21.3 Å². The van der Waals surface area contributed by atoms with Crippen LogP contribution in [0.2, 0.25) is 10.0 Å². The third-order valence-electron chi connectivity index (χ3n) is 4.63. The van der Waals surface area contributed by atoms with E-state index < -0.39 is 12.1 Å². The number of benzene rings is 2. The lowest BCUT2D eigenvalue weighted by atomic mass is 9.98. The van der Waals surface area contributed by atoms with Crippen LogP contribution in [-0.4, -0.2) is 28.2 Å². The number of carbonyl (C=O) groups is 2. The lowest BCUT2D eigenvalue weighted by Gasteiger charge is -2.23. The molecule has 7 nitrogen and oxygen atoms in total. The molecule has 162 valence electrons. The summed E-state index contributed by atoms with van der Waals surface area (Å²) in [4.78, 5) is 25.3. The fourth-order valence-electron chi connectivity index (χ4n) is 2.71. The van der Waals surface area contributed by atoms with Gasteiger partial charge in [-0.15, -0.1) is 10.2 Å². The lowest BCUT2D eigenvalue weighted by Crippen LogP contribution is -2.49. The number of aromatic nitrogens is 2. The van der Waals surface area contributed by atoms with Gasteiger partial charge in [-0.25, -0.2) is 4.79 Å². The molecule has 0 spiro atoms. The minimum Gasteiger partial charge on any atom is -0.326 e. The summed E-state index contributed by atoms with van der Waals surface area (Å²) in [5.74, 6) is -0.459. The quantitative estimate of drug-likeness (QED) is 0.407. The Hall–Kier alpha value is -2.68. The molecule has 0 bridgehead atoms. The molecule has 0 fully saturated rings.